The molecule has 0 saturated heterocycles. The van der Waals surface area contributed by atoms with Crippen molar-refractivity contribution in [3.8, 4) is 0 Å². The van der Waals surface area contributed by atoms with Gasteiger partial charge in [0.2, 0.25) is 5.28 Å². The van der Waals surface area contributed by atoms with Crippen LogP contribution in [-0.4, -0.2) is 15.8 Å². The molecule has 0 N–H and O–H groups in total. The van der Waals surface area contributed by atoms with Crippen LogP contribution in [-0.2, 0) is 6.42 Å². The van der Waals surface area contributed by atoms with E-state index in [-0.39, 0.29) is 17.5 Å². The maximum absolute atomic E-state index is 12.0. The molecule has 1 aromatic heterocycles. The first-order valence-electron chi connectivity index (χ1n) is 5.33. The molecule has 2 aromatic rings. The van der Waals surface area contributed by atoms with E-state index in [0.717, 1.165) is 5.56 Å². The van der Waals surface area contributed by atoms with E-state index in [9.17, 15) is 4.79 Å². The Bertz CT molecular complexity index is 599. The van der Waals surface area contributed by atoms with E-state index >= 15 is 0 Å². The zero-order chi connectivity index (χ0) is 13.1. The standard InChI is InChI=1S/C13H10Cl2N2O/c1-8-6-9(2-3-11(8)14)12(18)7-10-4-5-16-13(15)17-10/h2-6H,7H2,1H3. The fraction of sp³-hybridized carbons (Fsp3) is 0.154. The number of nitrogens with zero attached hydrogens (tertiary/aromatic N) is 2. The molecule has 3 nitrogen and oxygen atoms in total. The summed E-state index contributed by atoms with van der Waals surface area (Å²) >= 11 is 11.6. The van der Waals surface area contributed by atoms with Gasteiger partial charge < -0.3 is 0 Å². The number of carbonyl (C=O) groups is 1. The predicted octanol–water partition coefficient (Wildman–Crippen LogP) is 3.52. The third-order valence-corrected chi connectivity index (χ3v) is 3.11. The Morgan fingerprint density at radius 3 is 2.72 bits per heavy atom. The number of carbonyl (C=O) groups excluding carboxylic acids is 1. The van der Waals surface area contributed by atoms with Crippen LogP contribution in [0.5, 0.6) is 0 Å². The van der Waals surface area contributed by atoms with E-state index in [0.29, 0.717) is 16.3 Å². The van der Waals surface area contributed by atoms with Crippen LogP contribution in [0, 0.1) is 6.92 Å². The number of aromatic nitrogens is 2. The van der Waals surface area contributed by atoms with Crippen LogP contribution in [0.25, 0.3) is 0 Å². The molecule has 2 rings (SSSR count). The molecule has 0 radical (unpaired) electrons. The van der Waals surface area contributed by atoms with Crippen molar-refractivity contribution in [2.24, 2.45) is 0 Å². The minimum atomic E-state index is -0.0236. The molecule has 0 unspecified atom stereocenters. The fourth-order valence-corrected chi connectivity index (χ4v) is 1.84. The van der Waals surface area contributed by atoms with E-state index in [1.54, 1.807) is 24.3 Å². The number of benzene rings is 1. The molecule has 0 aliphatic carbocycles. The van der Waals surface area contributed by atoms with E-state index < -0.39 is 0 Å². The van der Waals surface area contributed by atoms with Gasteiger partial charge in [-0.1, -0.05) is 11.6 Å². The van der Waals surface area contributed by atoms with Crippen molar-refractivity contribution in [3.63, 3.8) is 0 Å². The zero-order valence-corrected chi connectivity index (χ0v) is 11.2. The van der Waals surface area contributed by atoms with Crippen LogP contribution in [0.4, 0.5) is 0 Å². The summed E-state index contributed by atoms with van der Waals surface area (Å²) in [5, 5.41) is 0.796. The van der Waals surface area contributed by atoms with Crippen LogP contribution in [0.1, 0.15) is 21.6 Å². The van der Waals surface area contributed by atoms with E-state index in [1.807, 2.05) is 6.92 Å². The van der Waals surface area contributed by atoms with Crippen LogP contribution in [0.3, 0.4) is 0 Å². The van der Waals surface area contributed by atoms with Gasteiger partial charge in [0.25, 0.3) is 0 Å². The lowest BCUT2D eigenvalue weighted by molar-refractivity contribution is 0.0992. The average Bonchev–Trinajstić information content (AvgIpc) is 2.32. The van der Waals surface area contributed by atoms with Gasteiger partial charge >= 0.3 is 0 Å². The Morgan fingerprint density at radius 1 is 1.28 bits per heavy atom. The van der Waals surface area contributed by atoms with Gasteiger partial charge in [0, 0.05) is 16.8 Å². The molecule has 0 fully saturated rings. The van der Waals surface area contributed by atoms with Crippen LogP contribution < -0.4 is 0 Å². The summed E-state index contributed by atoms with van der Waals surface area (Å²) in [7, 11) is 0. The average molecular weight is 281 g/mol. The minimum Gasteiger partial charge on any atom is -0.294 e. The highest BCUT2D eigenvalue weighted by atomic mass is 35.5. The quantitative estimate of drug-likeness (QED) is 0.638. The largest absolute Gasteiger partial charge is 0.294 e. The van der Waals surface area contributed by atoms with Gasteiger partial charge in [-0.2, -0.15) is 0 Å². The summed E-state index contributed by atoms with van der Waals surface area (Å²) in [6.45, 7) is 1.86. The summed E-state index contributed by atoms with van der Waals surface area (Å²) in [4.78, 5) is 19.8. The molecule has 0 amide bonds. The van der Waals surface area contributed by atoms with Gasteiger partial charge in [-0.25, -0.2) is 9.97 Å². The number of aryl methyl sites for hydroxylation is 1. The first-order valence-corrected chi connectivity index (χ1v) is 6.08. The van der Waals surface area contributed by atoms with Gasteiger partial charge in [0.05, 0.1) is 12.1 Å². The molecule has 5 heteroatoms. The van der Waals surface area contributed by atoms with Crippen LogP contribution in [0.15, 0.2) is 30.5 Å². The topological polar surface area (TPSA) is 42.9 Å². The van der Waals surface area contributed by atoms with Crippen LogP contribution >= 0.6 is 23.2 Å². The van der Waals surface area contributed by atoms with Gasteiger partial charge in [-0.15, -0.1) is 0 Å². The highest BCUT2D eigenvalue weighted by Crippen LogP contribution is 2.17. The van der Waals surface area contributed by atoms with E-state index in [1.165, 1.54) is 6.20 Å². The second kappa shape index (κ2) is 5.46. The summed E-state index contributed by atoms with van der Waals surface area (Å²) in [5.74, 6) is -0.0236. The van der Waals surface area contributed by atoms with Crippen molar-refractivity contribution in [3.05, 3.63) is 57.6 Å². The smallest absolute Gasteiger partial charge is 0.222 e. The highest BCUT2D eigenvalue weighted by molar-refractivity contribution is 6.31. The predicted molar refractivity (Wildman–Crippen MR) is 71.3 cm³/mol. The normalized spacial score (nSPS) is 10.4. The summed E-state index contributed by atoms with van der Waals surface area (Å²) in [6.07, 6.45) is 1.73. The van der Waals surface area contributed by atoms with Crippen molar-refractivity contribution >= 4 is 29.0 Å². The molecule has 0 aliphatic heterocycles. The number of halogens is 2. The lowest BCUT2D eigenvalue weighted by Crippen LogP contribution is -2.05. The van der Waals surface area contributed by atoms with Crippen molar-refractivity contribution in [1.29, 1.82) is 0 Å². The summed E-state index contributed by atoms with van der Waals surface area (Å²) in [6, 6.07) is 6.87. The first kappa shape index (κ1) is 13.0. The fourth-order valence-electron chi connectivity index (χ4n) is 1.55. The Kier molecular flexibility index (Phi) is 3.94. The Labute approximate surface area is 115 Å². The van der Waals surface area contributed by atoms with Gasteiger partial charge in [-0.3, -0.25) is 4.79 Å². The molecule has 1 heterocycles. The molecular formula is C13H10Cl2N2O. The highest BCUT2D eigenvalue weighted by Gasteiger charge is 2.09. The second-order valence-corrected chi connectivity index (χ2v) is 4.63. The Morgan fingerprint density at radius 2 is 2.06 bits per heavy atom. The van der Waals surface area contributed by atoms with E-state index in [4.69, 9.17) is 23.2 Å². The molecule has 0 atom stereocenters. The second-order valence-electron chi connectivity index (χ2n) is 3.88. The molecule has 0 saturated carbocycles. The number of Topliss-reactive ketones (excluding diaryl/α,β-unsaturated/α-hetero) is 1. The van der Waals surface area contributed by atoms with Crippen LogP contribution in [0.2, 0.25) is 10.3 Å². The molecule has 1 aromatic carbocycles. The van der Waals surface area contributed by atoms with E-state index in [2.05, 4.69) is 9.97 Å². The molecule has 0 bridgehead atoms. The number of hydrogen-bond acceptors (Lipinski definition) is 3. The van der Waals surface area contributed by atoms with Crippen molar-refractivity contribution < 1.29 is 4.79 Å². The zero-order valence-electron chi connectivity index (χ0n) is 9.65. The first-order chi connectivity index (χ1) is 8.56. The third-order valence-electron chi connectivity index (χ3n) is 2.51. The lowest BCUT2D eigenvalue weighted by Gasteiger charge is -2.03. The Balaban J connectivity index is 2.19. The minimum absolute atomic E-state index is 0.0236. The van der Waals surface area contributed by atoms with Crippen molar-refractivity contribution in [2.45, 2.75) is 13.3 Å². The maximum atomic E-state index is 12.0. The molecular weight excluding hydrogens is 271 g/mol. The maximum Gasteiger partial charge on any atom is 0.222 e. The monoisotopic (exact) mass is 280 g/mol. The Hall–Kier alpha value is -1.45. The molecule has 0 spiro atoms. The number of rotatable bonds is 3. The third kappa shape index (κ3) is 3.06. The number of ketones is 1. The SMILES string of the molecule is Cc1cc(C(=O)Cc2ccnc(Cl)n2)ccc1Cl. The number of hydrogen-bond donors (Lipinski definition) is 0. The van der Waals surface area contributed by atoms with Crippen molar-refractivity contribution in [1.82, 2.24) is 9.97 Å². The lowest BCUT2D eigenvalue weighted by atomic mass is 10.0. The molecule has 0 aliphatic rings. The molecule has 18 heavy (non-hydrogen) atoms. The summed E-state index contributed by atoms with van der Waals surface area (Å²) in [5.41, 5.74) is 2.10. The van der Waals surface area contributed by atoms with Gasteiger partial charge in [0.1, 0.15) is 0 Å². The summed E-state index contributed by atoms with van der Waals surface area (Å²) < 4.78 is 0. The van der Waals surface area contributed by atoms with Gasteiger partial charge in [-0.05, 0) is 48.4 Å². The van der Waals surface area contributed by atoms with Gasteiger partial charge in [0.15, 0.2) is 5.78 Å². The molecule has 92 valence electrons. The van der Waals surface area contributed by atoms with Crippen molar-refractivity contribution in [2.75, 3.05) is 0 Å².